The fraction of sp³-hybridized carbons (Fsp3) is 0.571. The molecular formula is C14H20N4O4. The van der Waals surface area contributed by atoms with Crippen molar-refractivity contribution >= 4 is 17.4 Å². The summed E-state index contributed by atoms with van der Waals surface area (Å²) in [7, 11) is 0. The number of nitrogens with one attached hydrogen (secondary N) is 1. The maximum atomic E-state index is 11.9. The van der Waals surface area contributed by atoms with E-state index in [0.29, 0.717) is 31.9 Å². The molecule has 8 heteroatoms. The van der Waals surface area contributed by atoms with Crippen LogP contribution in [0.5, 0.6) is 0 Å². The second-order valence-electron chi connectivity index (χ2n) is 5.26. The fourth-order valence-corrected chi connectivity index (χ4v) is 2.48. The van der Waals surface area contributed by atoms with Gasteiger partial charge in [0.25, 0.3) is 5.69 Å². The average Bonchev–Trinajstić information content (AvgIpc) is 2.55. The zero-order chi connectivity index (χ0) is 15.9. The molecule has 1 fully saturated rings. The van der Waals surface area contributed by atoms with E-state index >= 15 is 0 Å². The Morgan fingerprint density at radius 3 is 2.73 bits per heavy atom. The zero-order valence-electron chi connectivity index (χ0n) is 12.3. The number of aliphatic hydroxyl groups is 1. The molecule has 22 heavy (non-hydrogen) atoms. The summed E-state index contributed by atoms with van der Waals surface area (Å²) in [6, 6.07) is 3.08. The van der Waals surface area contributed by atoms with E-state index in [1.54, 1.807) is 6.07 Å². The van der Waals surface area contributed by atoms with Gasteiger partial charge in [-0.1, -0.05) is 0 Å². The minimum Gasteiger partial charge on any atom is -0.396 e. The van der Waals surface area contributed by atoms with Crippen molar-refractivity contribution < 1.29 is 14.8 Å². The predicted molar refractivity (Wildman–Crippen MR) is 80.5 cm³/mol. The van der Waals surface area contributed by atoms with Crippen LogP contribution in [0.15, 0.2) is 18.3 Å². The number of hydrogen-bond donors (Lipinski definition) is 2. The Bertz CT molecular complexity index is 512. The number of nitrogens with zero attached hydrogens (tertiary/aromatic N) is 3. The molecule has 8 nitrogen and oxygen atoms in total. The Balaban J connectivity index is 1.83. The van der Waals surface area contributed by atoms with E-state index in [0.717, 1.165) is 12.8 Å². The number of pyridine rings is 1. The van der Waals surface area contributed by atoms with E-state index in [1.165, 1.54) is 12.3 Å². The van der Waals surface area contributed by atoms with Gasteiger partial charge in [-0.3, -0.25) is 14.9 Å². The third kappa shape index (κ3) is 4.14. The molecule has 0 atom stereocenters. The normalized spacial score (nSPS) is 15.6. The maximum Gasteiger partial charge on any atom is 0.287 e. The maximum absolute atomic E-state index is 11.9. The van der Waals surface area contributed by atoms with Crippen molar-refractivity contribution in [1.82, 2.24) is 10.3 Å². The number of anilines is 1. The van der Waals surface area contributed by atoms with Gasteiger partial charge in [-0.25, -0.2) is 4.98 Å². The van der Waals surface area contributed by atoms with Crippen molar-refractivity contribution in [2.45, 2.75) is 19.3 Å². The van der Waals surface area contributed by atoms with Crippen molar-refractivity contribution in [3.8, 4) is 0 Å². The molecule has 0 spiro atoms. The molecule has 0 radical (unpaired) electrons. The van der Waals surface area contributed by atoms with Gasteiger partial charge in [-0.2, -0.15) is 0 Å². The zero-order valence-corrected chi connectivity index (χ0v) is 12.3. The van der Waals surface area contributed by atoms with Crippen molar-refractivity contribution in [1.29, 1.82) is 0 Å². The molecule has 1 aliphatic rings. The van der Waals surface area contributed by atoms with Crippen LogP contribution in [0, 0.1) is 16.0 Å². The second-order valence-corrected chi connectivity index (χ2v) is 5.26. The number of aliphatic hydroxyl groups excluding tert-OH is 1. The Morgan fingerprint density at radius 2 is 2.18 bits per heavy atom. The van der Waals surface area contributed by atoms with E-state index in [-0.39, 0.29) is 24.1 Å². The van der Waals surface area contributed by atoms with Crippen LogP contribution in [-0.4, -0.2) is 47.2 Å². The lowest BCUT2D eigenvalue weighted by Crippen LogP contribution is -2.41. The number of aromatic nitrogens is 1. The summed E-state index contributed by atoms with van der Waals surface area (Å²) < 4.78 is 0. The lowest BCUT2D eigenvalue weighted by molar-refractivity contribution is -0.385. The first-order valence-electron chi connectivity index (χ1n) is 7.36. The highest BCUT2D eigenvalue weighted by atomic mass is 16.6. The summed E-state index contributed by atoms with van der Waals surface area (Å²) in [5.74, 6) is 0.711. The molecule has 0 aliphatic carbocycles. The van der Waals surface area contributed by atoms with E-state index in [2.05, 4.69) is 10.3 Å². The standard InChI is InChI=1S/C14H20N4O4/c19-9-1-6-15-14(20)11-4-7-17(8-5-11)13-3-2-12(10-16-13)18(21)22/h2-3,10-11,19H,1,4-9H2,(H,15,20). The third-order valence-electron chi connectivity index (χ3n) is 3.77. The van der Waals surface area contributed by atoms with Gasteiger partial charge in [0.15, 0.2) is 0 Å². The van der Waals surface area contributed by atoms with E-state index in [4.69, 9.17) is 5.11 Å². The molecule has 0 aromatic carbocycles. The molecule has 0 unspecified atom stereocenters. The SMILES string of the molecule is O=C(NCCCO)C1CCN(c2ccc([N+](=O)[O-])cn2)CC1. The van der Waals surface area contributed by atoms with Gasteiger partial charge in [0, 0.05) is 38.2 Å². The molecule has 1 saturated heterocycles. The second kappa shape index (κ2) is 7.69. The largest absolute Gasteiger partial charge is 0.396 e. The molecule has 2 heterocycles. The smallest absolute Gasteiger partial charge is 0.287 e. The molecular weight excluding hydrogens is 288 g/mol. The Kier molecular flexibility index (Phi) is 5.65. The number of carbonyl (C=O) groups excluding carboxylic acids is 1. The average molecular weight is 308 g/mol. The molecule has 2 N–H and O–H groups in total. The summed E-state index contributed by atoms with van der Waals surface area (Å²) >= 11 is 0. The summed E-state index contributed by atoms with van der Waals surface area (Å²) in [6.07, 6.45) is 3.27. The van der Waals surface area contributed by atoms with Crippen LogP contribution in [0.4, 0.5) is 11.5 Å². The van der Waals surface area contributed by atoms with E-state index in [1.807, 2.05) is 4.90 Å². The van der Waals surface area contributed by atoms with Crippen molar-refractivity contribution in [2.24, 2.45) is 5.92 Å². The lowest BCUT2D eigenvalue weighted by atomic mass is 9.96. The van der Waals surface area contributed by atoms with E-state index in [9.17, 15) is 14.9 Å². The van der Waals surface area contributed by atoms with Crippen LogP contribution in [0.2, 0.25) is 0 Å². The molecule has 1 aromatic rings. The summed E-state index contributed by atoms with van der Waals surface area (Å²) in [4.78, 5) is 28.2. The number of amides is 1. The molecule has 1 aromatic heterocycles. The van der Waals surface area contributed by atoms with Gasteiger partial charge in [0.2, 0.25) is 5.91 Å². The Hall–Kier alpha value is -2.22. The van der Waals surface area contributed by atoms with Gasteiger partial charge >= 0.3 is 0 Å². The lowest BCUT2D eigenvalue weighted by Gasteiger charge is -2.32. The van der Waals surface area contributed by atoms with Crippen LogP contribution in [0.3, 0.4) is 0 Å². The Labute approximate surface area is 128 Å². The summed E-state index contributed by atoms with van der Waals surface area (Å²) in [5.41, 5.74) is -0.0260. The Morgan fingerprint density at radius 1 is 1.45 bits per heavy atom. The van der Waals surface area contributed by atoms with Gasteiger partial charge in [-0.15, -0.1) is 0 Å². The monoisotopic (exact) mass is 308 g/mol. The first-order valence-corrected chi connectivity index (χ1v) is 7.36. The van der Waals surface area contributed by atoms with Crippen LogP contribution in [0.25, 0.3) is 0 Å². The predicted octanol–water partition coefficient (Wildman–Crippen LogP) is 0.705. The molecule has 120 valence electrons. The minimum atomic E-state index is -0.472. The quantitative estimate of drug-likeness (QED) is 0.455. The van der Waals surface area contributed by atoms with Crippen LogP contribution in [0.1, 0.15) is 19.3 Å². The number of nitro groups is 1. The van der Waals surface area contributed by atoms with Gasteiger partial charge in [0.1, 0.15) is 12.0 Å². The van der Waals surface area contributed by atoms with Crippen LogP contribution in [-0.2, 0) is 4.79 Å². The van der Waals surface area contributed by atoms with Crippen molar-refractivity contribution in [2.75, 3.05) is 31.1 Å². The van der Waals surface area contributed by atoms with Crippen LogP contribution < -0.4 is 10.2 Å². The highest BCUT2D eigenvalue weighted by Crippen LogP contribution is 2.23. The number of piperidine rings is 1. The topological polar surface area (TPSA) is 109 Å². The van der Waals surface area contributed by atoms with Gasteiger partial charge in [0.05, 0.1) is 4.92 Å². The molecule has 2 rings (SSSR count). The van der Waals surface area contributed by atoms with Crippen molar-refractivity contribution in [3.63, 3.8) is 0 Å². The fourth-order valence-electron chi connectivity index (χ4n) is 2.48. The molecule has 0 saturated carbocycles. The van der Waals surface area contributed by atoms with E-state index < -0.39 is 4.92 Å². The number of rotatable bonds is 6. The third-order valence-corrected chi connectivity index (χ3v) is 3.77. The summed E-state index contributed by atoms with van der Waals surface area (Å²) in [5, 5.41) is 22.1. The first-order chi connectivity index (χ1) is 10.6. The minimum absolute atomic E-state index is 0.0204. The molecule has 1 aliphatic heterocycles. The molecule has 1 amide bonds. The van der Waals surface area contributed by atoms with Crippen molar-refractivity contribution in [3.05, 3.63) is 28.4 Å². The van der Waals surface area contributed by atoms with Gasteiger partial charge < -0.3 is 15.3 Å². The first kappa shape index (κ1) is 16.2. The summed E-state index contributed by atoms with van der Waals surface area (Å²) in [6.45, 7) is 1.97. The highest BCUT2D eigenvalue weighted by Gasteiger charge is 2.25. The highest BCUT2D eigenvalue weighted by molar-refractivity contribution is 5.78. The number of carbonyl (C=O) groups is 1. The van der Waals surface area contributed by atoms with Crippen LogP contribution >= 0.6 is 0 Å². The van der Waals surface area contributed by atoms with Gasteiger partial charge in [-0.05, 0) is 25.3 Å². The number of hydrogen-bond acceptors (Lipinski definition) is 6. The molecule has 0 bridgehead atoms.